The van der Waals surface area contributed by atoms with Gasteiger partial charge in [-0.05, 0) is 52.0 Å². The van der Waals surface area contributed by atoms with Crippen LogP contribution >= 0.6 is 0 Å². The summed E-state index contributed by atoms with van der Waals surface area (Å²) in [5.41, 5.74) is 1.89. The largest absolute Gasteiger partial charge is 0.371 e. The van der Waals surface area contributed by atoms with Crippen molar-refractivity contribution >= 4 is 19.7 Å². The second-order valence-electron chi connectivity index (χ2n) is 15.4. The maximum absolute atomic E-state index is 12.0. The number of rotatable bonds is 16. The van der Waals surface area contributed by atoms with Crippen LogP contribution in [0, 0.1) is 5.41 Å². The highest BCUT2D eigenvalue weighted by Gasteiger charge is 2.40. The van der Waals surface area contributed by atoms with E-state index >= 15 is 0 Å². The molecule has 0 atom stereocenters. The second-order valence-corrected chi connectivity index (χ2v) is 20.0. The van der Waals surface area contributed by atoms with E-state index in [1.54, 1.807) is 0 Å². The number of benzene rings is 1. The lowest BCUT2D eigenvalue weighted by molar-refractivity contribution is -0.141. The Kier molecular flexibility index (Phi) is 13.8. The van der Waals surface area contributed by atoms with Crippen LogP contribution in [0.5, 0.6) is 0 Å². The molecule has 0 bridgehead atoms. The van der Waals surface area contributed by atoms with Crippen molar-refractivity contribution in [2.75, 3.05) is 95.3 Å². The predicted octanol–water partition coefficient (Wildman–Crippen LogP) is 2.94. The fourth-order valence-corrected chi connectivity index (χ4v) is 9.92. The summed E-state index contributed by atoms with van der Waals surface area (Å²) in [5.74, 6) is 0.937. The first-order valence-corrected chi connectivity index (χ1v) is 21.5. The molecule has 2 aliphatic heterocycles. The van der Waals surface area contributed by atoms with Gasteiger partial charge in [0.25, 0.3) is 0 Å². The van der Waals surface area contributed by atoms with Crippen molar-refractivity contribution in [2.24, 2.45) is 5.41 Å². The fourth-order valence-electron chi connectivity index (χ4n) is 7.37. The highest BCUT2D eigenvalue weighted by atomic mass is 32.2. The van der Waals surface area contributed by atoms with Crippen LogP contribution in [-0.4, -0.2) is 144 Å². The molecule has 10 nitrogen and oxygen atoms in total. The molecule has 1 aromatic rings. The molecular weight excluding hydrogens is 649 g/mol. The van der Waals surface area contributed by atoms with Gasteiger partial charge in [0.05, 0.1) is 28.6 Å². The summed E-state index contributed by atoms with van der Waals surface area (Å²) in [6.45, 7) is 17.7. The predicted molar refractivity (Wildman–Crippen MR) is 195 cm³/mol. The highest BCUT2D eigenvalue weighted by molar-refractivity contribution is 7.91. The molecule has 4 rings (SSSR count). The van der Waals surface area contributed by atoms with Crippen LogP contribution < -0.4 is 5.32 Å². The molecule has 0 unspecified atom stereocenters. The van der Waals surface area contributed by atoms with E-state index in [0.29, 0.717) is 32.2 Å². The van der Waals surface area contributed by atoms with Crippen molar-refractivity contribution in [3.63, 3.8) is 0 Å². The van der Waals surface area contributed by atoms with Crippen molar-refractivity contribution in [2.45, 2.75) is 77.4 Å². The van der Waals surface area contributed by atoms with E-state index in [2.05, 4.69) is 77.2 Å². The van der Waals surface area contributed by atoms with Gasteiger partial charge in [-0.15, -0.1) is 0 Å². The van der Waals surface area contributed by atoms with Gasteiger partial charge < -0.3 is 25.0 Å². The summed E-state index contributed by atoms with van der Waals surface area (Å²) in [7, 11) is -5.85. The van der Waals surface area contributed by atoms with Crippen LogP contribution in [0.25, 0.3) is 0 Å². The molecule has 48 heavy (non-hydrogen) atoms. The molecule has 2 heterocycles. The zero-order valence-corrected chi connectivity index (χ0v) is 31.8. The van der Waals surface area contributed by atoms with Gasteiger partial charge in [-0.3, -0.25) is 4.90 Å². The third kappa shape index (κ3) is 10.8. The van der Waals surface area contributed by atoms with E-state index in [0.717, 1.165) is 65.0 Å². The third-order valence-corrected chi connectivity index (χ3v) is 15.1. The molecule has 0 aromatic heterocycles. The molecule has 2 saturated heterocycles. The minimum atomic E-state index is -2.93. The van der Waals surface area contributed by atoms with E-state index in [1.165, 1.54) is 11.1 Å². The number of aliphatic hydroxyl groups is 1. The zero-order valence-electron chi connectivity index (χ0n) is 30.1. The lowest BCUT2D eigenvalue weighted by atomic mass is 9.67. The standard InChI is InChI=1S/C36H62N4O6S2/c1-31(34(2,3)35(4,5)46-30-41)13-16-37-33-11-14-36(15-12-33,32-9-7-6-8-10-32)29-40(19-17-38-21-25-47(42,43)26-22-38)20-18-39-23-27-48(44,45)28-24-39/h6-10,13,33,37,41H,11-12,14-30H2,1-5H3/b31-13+. The Morgan fingerprint density at radius 2 is 1.42 bits per heavy atom. The molecule has 1 aliphatic carbocycles. The van der Waals surface area contributed by atoms with Crippen molar-refractivity contribution in [1.29, 1.82) is 0 Å². The van der Waals surface area contributed by atoms with Gasteiger partial charge >= 0.3 is 0 Å². The normalized spacial score (nSPS) is 26.1. The van der Waals surface area contributed by atoms with Gasteiger partial charge in [0, 0.05) is 82.3 Å². The summed E-state index contributed by atoms with van der Waals surface area (Å²) in [6, 6.07) is 11.4. The maximum Gasteiger partial charge on any atom is 0.152 e. The molecule has 3 aliphatic rings. The van der Waals surface area contributed by atoms with Crippen molar-refractivity contribution < 1.29 is 26.7 Å². The molecule has 0 radical (unpaired) electrons. The van der Waals surface area contributed by atoms with Crippen LogP contribution in [0.2, 0.25) is 0 Å². The van der Waals surface area contributed by atoms with Crippen LogP contribution in [0.15, 0.2) is 42.0 Å². The summed E-state index contributed by atoms with van der Waals surface area (Å²) in [4.78, 5) is 7.13. The van der Waals surface area contributed by atoms with Gasteiger partial charge in [0.1, 0.15) is 6.79 Å². The monoisotopic (exact) mass is 710 g/mol. The summed E-state index contributed by atoms with van der Waals surface area (Å²) < 4.78 is 53.8. The number of aliphatic hydroxyl groups excluding tert-OH is 1. The summed E-state index contributed by atoms with van der Waals surface area (Å²) in [6.07, 6.45) is 6.56. The number of hydrogen-bond donors (Lipinski definition) is 2. The first-order chi connectivity index (χ1) is 22.6. The van der Waals surface area contributed by atoms with Gasteiger partial charge in [-0.2, -0.15) is 0 Å². The first kappa shape index (κ1) is 39.4. The Bertz CT molecular complexity index is 1330. The van der Waals surface area contributed by atoms with Gasteiger partial charge in [-0.1, -0.05) is 55.8 Å². The molecule has 0 spiro atoms. The number of sulfone groups is 2. The summed E-state index contributed by atoms with van der Waals surface area (Å²) >= 11 is 0. The number of nitrogens with one attached hydrogen (secondary N) is 1. The highest BCUT2D eigenvalue weighted by Crippen LogP contribution is 2.41. The minimum Gasteiger partial charge on any atom is -0.371 e. The second kappa shape index (κ2) is 16.8. The molecule has 3 fully saturated rings. The van der Waals surface area contributed by atoms with Crippen molar-refractivity contribution in [1.82, 2.24) is 20.0 Å². The molecule has 0 amide bonds. The van der Waals surface area contributed by atoms with Crippen LogP contribution in [0.4, 0.5) is 0 Å². The lowest BCUT2D eigenvalue weighted by Gasteiger charge is -2.45. The van der Waals surface area contributed by atoms with Crippen molar-refractivity contribution in [3.05, 3.63) is 47.5 Å². The molecule has 12 heteroatoms. The van der Waals surface area contributed by atoms with E-state index in [4.69, 9.17) is 4.74 Å². The zero-order chi connectivity index (χ0) is 35.1. The fraction of sp³-hybridized carbons (Fsp3) is 0.778. The van der Waals surface area contributed by atoms with E-state index in [9.17, 15) is 21.9 Å². The number of hydrogen-bond acceptors (Lipinski definition) is 10. The Hall–Kier alpha value is -1.38. The molecule has 1 aromatic carbocycles. The average Bonchev–Trinajstić information content (AvgIpc) is 3.04. The van der Waals surface area contributed by atoms with Gasteiger partial charge in [0.2, 0.25) is 0 Å². The Balaban J connectivity index is 1.42. The third-order valence-electron chi connectivity index (χ3n) is 11.9. The smallest absolute Gasteiger partial charge is 0.152 e. The maximum atomic E-state index is 12.0. The van der Waals surface area contributed by atoms with E-state index in [-0.39, 0.29) is 40.6 Å². The van der Waals surface area contributed by atoms with E-state index in [1.807, 2.05) is 13.8 Å². The van der Waals surface area contributed by atoms with Gasteiger partial charge in [-0.25, -0.2) is 16.8 Å². The van der Waals surface area contributed by atoms with Gasteiger partial charge in [0.15, 0.2) is 19.7 Å². The minimum absolute atomic E-state index is 0.00925. The first-order valence-electron chi connectivity index (χ1n) is 17.9. The van der Waals surface area contributed by atoms with E-state index < -0.39 is 25.3 Å². The quantitative estimate of drug-likeness (QED) is 0.196. The average molecular weight is 711 g/mol. The number of ether oxygens (including phenoxy) is 1. The Morgan fingerprint density at radius 1 is 0.917 bits per heavy atom. The molecule has 2 N–H and O–H groups in total. The van der Waals surface area contributed by atoms with Crippen molar-refractivity contribution in [3.8, 4) is 0 Å². The number of nitrogens with zero attached hydrogens (tertiary/aromatic N) is 3. The molecule has 274 valence electrons. The van der Waals surface area contributed by atoms with Crippen LogP contribution in [-0.2, 0) is 29.8 Å². The summed E-state index contributed by atoms with van der Waals surface area (Å²) in [5, 5.41) is 13.2. The lowest BCUT2D eigenvalue weighted by Crippen LogP contribution is -2.51. The van der Waals surface area contributed by atoms with Crippen LogP contribution in [0.1, 0.15) is 65.9 Å². The molecular formula is C36H62N4O6S2. The van der Waals surface area contributed by atoms with Crippen LogP contribution in [0.3, 0.4) is 0 Å². The SMILES string of the molecule is C/C(=C\CNC1CCC(CN(CCN2CCS(=O)(=O)CC2)CCN2CCS(=O)(=O)CC2)(c2ccccc2)CC1)C(C)(C)C(C)(C)OCO. The molecule has 1 saturated carbocycles. The topological polar surface area (TPSA) is 119 Å². The Morgan fingerprint density at radius 3 is 1.90 bits per heavy atom. The Labute approximate surface area is 291 Å².